The average Bonchev–Trinajstić information content (AvgIpc) is 3.44. The van der Waals surface area contributed by atoms with Gasteiger partial charge in [-0.25, -0.2) is 14.7 Å². The highest BCUT2D eigenvalue weighted by atomic mass is 127. The third-order valence-electron chi connectivity index (χ3n) is 4.46. The van der Waals surface area contributed by atoms with Gasteiger partial charge in [-0.1, -0.05) is 6.07 Å². The van der Waals surface area contributed by atoms with E-state index in [2.05, 4.69) is 38.7 Å². The van der Waals surface area contributed by atoms with Gasteiger partial charge in [-0.2, -0.15) is 5.10 Å². The van der Waals surface area contributed by atoms with Gasteiger partial charge < -0.3 is 20.1 Å². The van der Waals surface area contributed by atoms with E-state index in [1.54, 1.807) is 17.1 Å². The number of aromatic nitrogens is 3. The number of fused-ring (bicyclic) bond motifs is 1. The zero-order valence-electron chi connectivity index (χ0n) is 16.7. The molecule has 0 amide bonds. The number of rotatable bonds is 7. The molecule has 158 valence electrons. The minimum atomic E-state index is 0. The van der Waals surface area contributed by atoms with Crippen molar-refractivity contribution in [3.05, 3.63) is 66.1 Å². The number of hydrogen-bond acceptors (Lipinski definition) is 5. The molecular formula is C21H25IN6O2. The molecule has 0 saturated carbocycles. The fourth-order valence-electron chi connectivity index (χ4n) is 3.02. The SMILES string of the molecule is CCNC(=NCc1ccnc(-n2cccn2)c1)NCCc1ccc2c(c1)OCO2.I. The first-order valence-electron chi connectivity index (χ1n) is 9.67. The third-order valence-corrected chi connectivity index (χ3v) is 4.46. The van der Waals surface area contributed by atoms with Crippen LogP contribution in [0.5, 0.6) is 11.5 Å². The normalized spacial score (nSPS) is 12.4. The van der Waals surface area contributed by atoms with Gasteiger partial charge in [0.2, 0.25) is 6.79 Å². The minimum Gasteiger partial charge on any atom is -0.454 e. The second-order valence-corrected chi connectivity index (χ2v) is 6.53. The minimum absolute atomic E-state index is 0. The molecule has 8 nitrogen and oxygen atoms in total. The van der Waals surface area contributed by atoms with Crippen LogP contribution in [0.3, 0.4) is 0 Å². The highest BCUT2D eigenvalue weighted by molar-refractivity contribution is 14.0. The average molecular weight is 520 g/mol. The summed E-state index contributed by atoms with van der Waals surface area (Å²) in [7, 11) is 0. The summed E-state index contributed by atoms with van der Waals surface area (Å²) >= 11 is 0. The number of nitrogens with zero attached hydrogens (tertiary/aromatic N) is 4. The van der Waals surface area contributed by atoms with Crippen molar-refractivity contribution in [3.8, 4) is 17.3 Å². The Kier molecular flexibility index (Phi) is 7.89. The first-order valence-corrected chi connectivity index (χ1v) is 9.67. The highest BCUT2D eigenvalue weighted by Gasteiger charge is 2.13. The molecule has 0 aliphatic carbocycles. The lowest BCUT2D eigenvalue weighted by Gasteiger charge is -2.12. The molecule has 0 radical (unpaired) electrons. The molecule has 0 saturated heterocycles. The third kappa shape index (κ3) is 5.62. The van der Waals surface area contributed by atoms with Gasteiger partial charge in [0.15, 0.2) is 23.3 Å². The lowest BCUT2D eigenvalue weighted by molar-refractivity contribution is 0.174. The van der Waals surface area contributed by atoms with Crippen LogP contribution in [0.15, 0.2) is 60.0 Å². The van der Waals surface area contributed by atoms with Gasteiger partial charge in [0.05, 0.1) is 6.54 Å². The van der Waals surface area contributed by atoms with Crippen LogP contribution < -0.4 is 20.1 Å². The molecule has 0 bridgehead atoms. The molecule has 1 aromatic carbocycles. The van der Waals surface area contributed by atoms with E-state index in [0.29, 0.717) is 13.3 Å². The van der Waals surface area contributed by atoms with E-state index in [1.165, 1.54) is 5.56 Å². The Morgan fingerprint density at radius 1 is 1.10 bits per heavy atom. The largest absolute Gasteiger partial charge is 0.454 e. The number of aliphatic imine (C=N–C) groups is 1. The number of guanidine groups is 1. The number of ether oxygens (including phenoxy) is 2. The van der Waals surface area contributed by atoms with E-state index >= 15 is 0 Å². The van der Waals surface area contributed by atoms with Gasteiger partial charge in [-0.3, -0.25) is 0 Å². The molecule has 9 heteroatoms. The van der Waals surface area contributed by atoms with E-state index in [9.17, 15) is 0 Å². The summed E-state index contributed by atoms with van der Waals surface area (Å²) in [6, 6.07) is 11.9. The summed E-state index contributed by atoms with van der Waals surface area (Å²) in [5.74, 6) is 3.19. The maximum atomic E-state index is 5.44. The molecule has 4 rings (SSSR count). The van der Waals surface area contributed by atoms with Crippen LogP contribution in [0.25, 0.3) is 5.82 Å². The topological polar surface area (TPSA) is 85.6 Å². The van der Waals surface area contributed by atoms with E-state index in [0.717, 1.165) is 48.4 Å². The molecule has 0 fully saturated rings. The monoisotopic (exact) mass is 520 g/mol. The van der Waals surface area contributed by atoms with Crippen molar-refractivity contribution in [3.63, 3.8) is 0 Å². The standard InChI is InChI=1S/C21H24N6O2.HI/c1-2-22-21(24-10-6-16-4-5-18-19(12-16)29-15-28-18)25-14-17-7-9-23-20(13-17)27-11-3-8-26-27;/h3-5,7-9,11-13H,2,6,10,14-15H2,1H3,(H2,22,24,25);1H. The number of hydrogen-bond donors (Lipinski definition) is 2. The Bertz CT molecular complexity index is 977. The Morgan fingerprint density at radius 3 is 2.83 bits per heavy atom. The quantitative estimate of drug-likeness (QED) is 0.283. The van der Waals surface area contributed by atoms with Crippen molar-refractivity contribution in [2.45, 2.75) is 19.9 Å². The van der Waals surface area contributed by atoms with Crippen molar-refractivity contribution in [1.29, 1.82) is 0 Å². The Balaban J connectivity index is 0.00000256. The molecule has 1 aliphatic heterocycles. The molecule has 0 unspecified atom stereocenters. The highest BCUT2D eigenvalue weighted by Crippen LogP contribution is 2.32. The summed E-state index contributed by atoms with van der Waals surface area (Å²) in [5.41, 5.74) is 2.26. The molecule has 1 aliphatic rings. The van der Waals surface area contributed by atoms with Crippen LogP contribution in [0.2, 0.25) is 0 Å². The molecule has 30 heavy (non-hydrogen) atoms. The zero-order valence-corrected chi connectivity index (χ0v) is 19.1. The van der Waals surface area contributed by atoms with Gasteiger partial charge in [0, 0.05) is 31.7 Å². The lowest BCUT2D eigenvalue weighted by atomic mass is 10.1. The van der Waals surface area contributed by atoms with E-state index in [4.69, 9.17) is 9.47 Å². The van der Waals surface area contributed by atoms with Gasteiger partial charge in [0.1, 0.15) is 0 Å². The van der Waals surface area contributed by atoms with Crippen molar-refractivity contribution < 1.29 is 9.47 Å². The maximum absolute atomic E-state index is 5.44. The van der Waals surface area contributed by atoms with Crippen LogP contribution in [0.4, 0.5) is 0 Å². The summed E-state index contributed by atoms with van der Waals surface area (Å²) in [6.45, 7) is 4.46. The Labute approximate surface area is 192 Å². The molecule has 0 atom stereocenters. The lowest BCUT2D eigenvalue weighted by Crippen LogP contribution is -2.38. The fourth-order valence-corrected chi connectivity index (χ4v) is 3.02. The van der Waals surface area contributed by atoms with Crippen molar-refractivity contribution >= 4 is 29.9 Å². The molecule has 2 aromatic heterocycles. The van der Waals surface area contributed by atoms with Gasteiger partial charge in [0.25, 0.3) is 0 Å². The predicted octanol–water partition coefficient (Wildman–Crippen LogP) is 2.91. The van der Waals surface area contributed by atoms with Gasteiger partial charge >= 0.3 is 0 Å². The van der Waals surface area contributed by atoms with Crippen molar-refractivity contribution in [1.82, 2.24) is 25.4 Å². The molecular weight excluding hydrogens is 495 g/mol. The van der Waals surface area contributed by atoms with Crippen LogP contribution in [0, 0.1) is 0 Å². The van der Waals surface area contributed by atoms with Gasteiger partial charge in [-0.05, 0) is 54.8 Å². The zero-order chi connectivity index (χ0) is 19.9. The first-order chi connectivity index (χ1) is 14.3. The van der Waals surface area contributed by atoms with E-state index < -0.39 is 0 Å². The first kappa shape index (κ1) is 21.9. The number of pyridine rings is 1. The summed E-state index contributed by atoms with van der Waals surface area (Å²) in [6.07, 6.45) is 6.25. The molecule has 2 N–H and O–H groups in total. The van der Waals surface area contributed by atoms with Crippen molar-refractivity contribution in [2.75, 3.05) is 19.9 Å². The van der Waals surface area contributed by atoms with Crippen LogP contribution >= 0.6 is 24.0 Å². The summed E-state index contributed by atoms with van der Waals surface area (Å²) in [5, 5.41) is 10.9. The fraction of sp³-hybridized carbons (Fsp3) is 0.286. The van der Waals surface area contributed by atoms with E-state index in [-0.39, 0.29) is 24.0 Å². The number of halogens is 1. The number of nitrogens with one attached hydrogen (secondary N) is 2. The number of benzene rings is 1. The van der Waals surface area contributed by atoms with Crippen LogP contribution in [0.1, 0.15) is 18.1 Å². The summed E-state index contributed by atoms with van der Waals surface area (Å²) in [4.78, 5) is 9.04. The second-order valence-electron chi connectivity index (χ2n) is 6.53. The summed E-state index contributed by atoms with van der Waals surface area (Å²) < 4.78 is 12.5. The Morgan fingerprint density at radius 2 is 2.00 bits per heavy atom. The molecule has 3 heterocycles. The maximum Gasteiger partial charge on any atom is 0.231 e. The predicted molar refractivity (Wildman–Crippen MR) is 126 cm³/mol. The Hall–Kier alpha value is -2.82. The van der Waals surface area contributed by atoms with E-state index in [1.807, 2.05) is 36.5 Å². The van der Waals surface area contributed by atoms with Crippen LogP contribution in [-0.4, -0.2) is 40.6 Å². The van der Waals surface area contributed by atoms with Gasteiger partial charge in [-0.15, -0.1) is 24.0 Å². The molecule has 3 aromatic rings. The van der Waals surface area contributed by atoms with Crippen LogP contribution in [-0.2, 0) is 13.0 Å². The second kappa shape index (κ2) is 10.8. The van der Waals surface area contributed by atoms with Crippen molar-refractivity contribution in [2.24, 2.45) is 4.99 Å². The molecule has 0 spiro atoms. The smallest absolute Gasteiger partial charge is 0.231 e.